The number of aromatic nitrogens is 3. The van der Waals surface area contributed by atoms with Crippen LogP contribution in [-0.4, -0.2) is 51.6 Å². The number of aryl methyl sites for hydroxylation is 3. The Morgan fingerprint density at radius 2 is 1.90 bits per heavy atom. The van der Waals surface area contributed by atoms with Crippen molar-refractivity contribution in [2.24, 2.45) is 11.8 Å². The monoisotopic (exact) mass is 399 g/mol. The van der Waals surface area contributed by atoms with Crippen molar-refractivity contribution in [3.63, 3.8) is 0 Å². The first-order valence-electron chi connectivity index (χ1n) is 11.1. The fourth-order valence-corrected chi connectivity index (χ4v) is 4.79. The van der Waals surface area contributed by atoms with Gasteiger partial charge in [-0.25, -0.2) is 9.50 Å². The molecule has 2 unspecified atom stereocenters. The minimum atomic E-state index is 0.126. The highest BCUT2D eigenvalue weighted by atomic mass is 16.1. The highest BCUT2D eigenvalue weighted by Gasteiger charge is 2.21. The van der Waals surface area contributed by atoms with Crippen molar-refractivity contribution in [2.75, 3.05) is 26.2 Å². The van der Waals surface area contributed by atoms with E-state index in [0.717, 1.165) is 66.1 Å². The van der Waals surface area contributed by atoms with Crippen LogP contribution in [0, 0.1) is 32.6 Å². The third kappa shape index (κ3) is 5.78. The standard InChI is InChI=1S/C23H37N5O/c1-16-12-17(2)15-27(14-16)11-7-6-10-24-23(29)9-8-21-19(4)25-22-13-18(3)26-28(22)20(21)5/h13,16-17H,6-12,14-15H2,1-5H3,(H,24,29). The number of nitrogens with zero attached hydrogens (tertiary/aromatic N) is 4. The Labute approximate surface area is 175 Å². The average Bonchev–Trinajstić information content (AvgIpc) is 3.00. The van der Waals surface area contributed by atoms with Gasteiger partial charge >= 0.3 is 0 Å². The topological polar surface area (TPSA) is 62.5 Å². The van der Waals surface area contributed by atoms with E-state index in [4.69, 9.17) is 0 Å². The van der Waals surface area contributed by atoms with Crippen molar-refractivity contribution in [1.29, 1.82) is 0 Å². The predicted molar refractivity (Wildman–Crippen MR) is 117 cm³/mol. The third-order valence-electron chi connectivity index (χ3n) is 6.06. The molecular formula is C23H37N5O. The van der Waals surface area contributed by atoms with Gasteiger partial charge in [-0.05, 0) is 70.4 Å². The first-order chi connectivity index (χ1) is 13.8. The largest absolute Gasteiger partial charge is 0.356 e. The van der Waals surface area contributed by atoms with E-state index < -0.39 is 0 Å². The molecule has 1 aliphatic rings. The van der Waals surface area contributed by atoms with E-state index in [2.05, 4.69) is 41.1 Å². The molecule has 0 radical (unpaired) electrons. The number of likely N-dealkylation sites (tertiary alicyclic amines) is 1. The molecule has 0 saturated carbocycles. The zero-order chi connectivity index (χ0) is 21.0. The molecule has 3 rings (SSSR count). The summed E-state index contributed by atoms with van der Waals surface area (Å²) >= 11 is 0. The van der Waals surface area contributed by atoms with Crippen molar-refractivity contribution in [3.8, 4) is 0 Å². The lowest BCUT2D eigenvalue weighted by Gasteiger charge is -2.34. The molecule has 29 heavy (non-hydrogen) atoms. The second-order valence-electron chi connectivity index (χ2n) is 9.08. The first-order valence-corrected chi connectivity index (χ1v) is 11.1. The van der Waals surface area contributed by atoms with Crippen LogP contribution >= 0.6 is 0 Å². The normalized spacial score (nSPS) is 20.3. The van der Waals surface area contributed by atoms with E-state index in [-0.39, 0.29) is 5.91 Å². The molecule has 1 saturated heterocycles. The number of amides is 1. The van der Waals surface area contributed by atoms with Gasteiger partial charge in [0.25, 0.3) is 0 Å². The zero-order valence-corrected chi connectivity index (χ0v) is 18.8. The predicted octanol–water partition coefficient (Wildman–Crippen LogP) is 3.46. The van der Waals surface area contributed by atoms with Gasteiger partial charge in [-0.1, -0.05) is 13.8 Å². The molecule has 160 valence electrons. The average molecular weight is 400 g/mol. The van der Waals surface area contributed by atoms with Gasteiger partial charge < -0.3 is 10.2 Å². The number of hydrogen-bond acceptors (Lipinski definition) is 4. The molecule has 2 atom stereocenters. The number of fused-ring (bicyclic) bond motifs is 1. The molecule has 1 N–H and O–H groups in total. The molecule has 0 bridgehead atoms. The summed E-state index contributed by atoms with van der Waals surface area (Å²) in [7, 11) is 0. The molecule has 2 aromatic rings. The lowest BCUT2D eigenvalue weighted by atomic mass is 9.92. The van der Waals surface area contributed by atoms with Gasteiger partial charge in [0.05, 0.1) is 5.69 Å². The van der Waals surface area contributed by atoms with E-state index in [9.17, 15) is 4.79 Å². The smallest absolute Gasteiger partial charge is 0.220 e. The van der Waals surface area contributed by atoms with Gasteiger partial charge in [0.2, 0.25) is 5.91 Å². The summed E-state index contributed by atoms with van der Waals surface area (Å²) in [5.74, 6) is 1.75. The van der Waals surface area contributed by atoms with Crippen molar-refractivity contribution >= 4 is 11.6 Å². The lowest BCUT2D eigenvalue weighted by Crippen LogP contribution is -2.39. The van der Waals surface area contributed by atoms with Gasteiger partial charge in [-0.15, -0.1) is 0 Å². The minimum absolute atomic E-state index is 0.126. The highest BCUT2D eigenvalue weighted by Crippen LogP contribution is 2.21. The Kier molecular flexibility index (Phi) is 7.28. The summed E-state index contributed by atoms with van der Waals surface area (Å²) in [4.78, 5) is 19.5. The molecule has 6 heteroatoms. The Bertz CT molecular complexity index is 833. The summed E-state index contributed by atoms with van der Waals surface area (Å²) in [6.07, 6.45) is 4.75. The van der Waals surface area contributed by atoms with Crippen molar-refractivity contribution in [2.45, 2.75) is 66.7 Å². The molecular weight excluding hydrogens is 362 g/mol. The number of rotatable bonds is 8. The maximum Gasteiger partial charge on any atom is 0.220 e. The summed E-state index contributed by atoms with van der Waals surface area (Å²) < 4.78 is 1.89. The third-order valence-corrected chi connectivity index (χ3v) is 6.06. The Morgan fingerprint density at radius 1 is 1.17 bits per heavy atom. The Hall–Kier alpha value is -1.95. The van der Waals surface area contributed by atoms with E-state index >= 15 is 0 Å². The molecule has 1 amide bonds. The first kappa shape index (κ1) is 21.8. The molecule has 3 heterocycles. The molecule has 1 aliphatic heterocycles. The van der Waals surface area contributed by atoms with Crippen LogP contribution in [0.2, 0.25) is 0 Å². The molecule has 0 aromatic carbocycles. The Balaban J connectivity index is 1.39. The Morgan fingerprint density at radius 3 is 2.62 bits per heavy atom. The number of carbonyl (C=O) groups excluding carboxylic acids is 1. The van der Waals surface area contributed by atoms with Gasteiger partial charge in [0.1, 0.15) is 0 Å². The summed E-state index contributed by atoms with van der Waals surface area (Å²) in [6.45, 7) is 15.1. The number of carbonyl (C=O) groups is 1. The SMILES string of the molecule is Cc1cc2nc(C)c(CCC(=O)NCCCCN3CC(C)CC(C)C3)c(C)n2n1. The summed E-state index contributed by atoms with van der Waals surface area (Å²) in [5, 5.41) is 7.60. The van der Waals surface area contributed by atoms with Crippen LogP contribution < -0.4 is 5.32 Å². The molecule has 2 aromatic heterocycles. The second-order valence-corrected chi connectivity index (χ2v) is 9.08. The minimum Gasteiger partial charge on any atom is -0.356 e. The van der Waals surface area contributed by atoms with Crippen LogP contribution in [0.25, 0.3) is 5.65 Å². The molecule has 0 spiro atoms. The fraction of sp³-hybridized carbons (Fsp3) is 0.696. The van der Waals surface area contributed by atoms with Gasteiger partial charge in [0, 0.05) is 43.5 Å². The molecule has 1 fully saturated rings. The van der Waals surface area contributed by atoms with E-state index in [0.29, 0.717) is 12.8 Å². The van der Waals surface area contributed by atoms with Crippen LogP contribution in [0.3, 0.4) is 0 Å². The van der Waals surface area contributed by atoms with Crippen LogP contribution in [0.15, 0.2) is 6.07 Å². The number of nitrogens with one attached hydrogen (secondary N) is 1. The van der Waals surface area contributed by atoms with E-state index in [1.807, 2.05) is 24.4 Å². The van der Waals surface area contributed by atoms with Crippen LogP contribution in [0.1, 0.15) is 62.2 Å². The quantitative estimate of drug-likeness (QED) is 0.691. The van der Waals surface area contributed by atoms with Crippen LogP contribution in [-0.2, 0) is 11.2 Å². The maximum absolute atomic E-state index is 12.3. The number of unbranched alkanes of at least 4 members (excludes halogenated alkanes) is 1. The summed E-state index contributed by atoms with van der Waals surface area (Å²) in [5.41, 5.74) is 5.04. The second kappa shape index (κ2) is 9.70. The van der Waals surface area contributed by atoms with Gasteiger partial charge in [0.15, 0.2) is 5.65 Å². The van der Waals surface area contributed by atoms with Gasteiger partial charge in [-0.2, -0.15) is 5.10 Å². The maximum atomic E-state index is 12.3. The van der Waals surface area contributed by atoms with E-state index in [1.165, 1.54) is 19.5 Å². The van der Waals surface area contributed by atoms with Crippen molar-refractivity contribution in [1.82, 2.24) is 24.8 Å². The summed E-state index contributed by atoms with van der Waals surface area (Å²) in [6, 6.07) is 1.99. The highest BCUT2D eigenvalue weighted by molar-refractivity contribution is 5.76. The number of piperidine rings is 1. The van der Waals surface area contributed by atoms with Crippen LogP contribution in [0.4, 0.5) is 0 Å². The zero-order valence-electron chi connectivity index (χ0n) is 18.8. The van der Waals surface area contributed by atoms with Crippen molar-refractivity contribution in [3.05, 3.63) is 28.7 Å². The van der Waals surface area contributed by atoms with Crippen LogP contribution in [0.5, 0.6) is 0 Å². The van der Waals surface area contributed by atoms with Gasteiger partial charge in [-0.3, -0.25) is 4.79 Å². The lowest BCUT2D eigenvalue weighted by molar-refractivity contribution is -0.121. The van der Waals surface area contributed by atoms with E-state index in [1.54, 1.807) is 0 Å². The molecule has 6 nitrogen and oxygen atoms in total. The fourth-order valence-electron chi connectivity index (χ4n) is 4.79. The molecule has 0 aliphatic carbocycles. The van der Waals surface area contributed by atoms with Crippen molar-refractivity contribution < 1.29 is 4.79 Å². The number of hydrogen-bond donors (Lipinski definition) is 1.